The van der Waals surface area contributed by atoms with Gasteiger partial charge < -0.3 is 4.74 Å². The van der Waals surface area contributed by atoms with Crippen molar-refractivity contribution >= 4 is 0 Å². The maximum Gasteiger partial charge on any atom is 0.126 e. The van der Waals surface area contributed by atoms with Crippen molar-refractivity contribution < 1.29 is 4.74 Å². The Bertz CT molecular complexity index is 530. The molecule has 0 bridgehead atoms. The molecule has 0 aliphatic carbocycles. The van der Waals surface area contributed by atoms with Gasteiger partial charge in [-0.2, -0.15) is 0 Å². The first kappa shape index (κ1) is 10.4. The van der Waals surface area contributed by atoms with Crippen LogP contribution in [0.1, 0.15) is 29.5 Å². The molecular weight excluding hydrogens is 208 g/mol. The first-order chi connectivity index (χ1) is 8.27. The van der Waals surface area contributed by atoms with Gasteiger partial charge in [-0.3, -0.25) is 0 Å². The molecule has 0 amide bonds. The van der Waals surface area contributed by atoms with Gasteiger partial charge in [0.25, 0.3) is 0 Å². The van der Waals surface area contributed by atoms with Crippen molar-refractivity contribution in [3.05, 3.63) is 65.2 Å². The van der Waals surface area contributed by atoms with Gasteiger partial charge in [0, 0.05) is 11.5 Å². The van der Waals surface area contributed by atoms with E-state index in [1.807, 2.05) is 0 Å². The van der Waals surface area contributed by atoms with Crippen molar-refractivity contribution in [1.82, 2.24) is 0 Å². The monoisotopic (exact) mass is 224 g/mol. The largest absolute Gasteiger partial charge is 0.489 e. The normalized spacial score (nSPS) is 22.0. The van der Waals surface area contributed by atoms with E-state index in [0.29, 0.717) is 5.92 Å². The lowest BCUT2D eigenvalue weighted by atomic mass is 9.88. The number of hydrogen-bond donors (Lipinski definition) is 0. The van der Waals surface area contributed by atoms with Crippen molar-refractivity contribution in [2.45, 2.75) is 25.9 Å². The van der Waals surface area contributed by atoms with Crippen molar-refractivity contribution in [2.75, 3.05) is 0 Å². The van der Waals surface area contributed by atoms with E-state index in [2.05, 4.69) is 62.4 Å². The number of rotatable bonds is 1. The van der Waals surface area contributed by atoms with Crippen molar-refractivity contribution in [3.8, 4) is 5.75 Å². The molecule has 2 aromatic rings. The smallest absolute Gasteiger partial charge is 0.126 e. The fraction of sp³-hybridized carbons (Fsp3) is 0.250. The van der Waals surface area contributed by atoms with Crippen LogP contribution in [0, 0.1) is 6.92 Å². The minimum atomic E-state index is 0.216. The van der Waals surface area contributed by atoms with Crippen molar-refractivity contribution in [2.24, 2.45) is 0 Å². The van der Waals surface area contributed by atoms with Crippen LogP contribution in [0.15, 0.2) is 48.5 Å². The molecule has 0 saturated heterocycles. The second kappa shape index (κ2) is 3.92. The molecule has 2 atom stereocenters. The lowest BCUT2D eigenvalue weighted by molar-refractivity contribution is 0.237. The number of ether oxygens (including phenoxy) is 1. The van der Waals surface area contributed by atoms with E-state index in [1.54, 1.807) is 0 Å². The third-order valence-corrected chi connectivity index (χ3v) is 3.51. The van der Waals surface area contributed by atoms with E-state index in [9.17, 15) is 0 Å². The molecule has 1 nitrogen and oxygen atoms in total. The minimum Gasteiger partial charge on any atom is -0.489 e. The Morgan fingerprint density at radius 2 is 1.71 bits per heavy atom. The maximum atomic E-state index is 6.00. The lowest BCUT2D eigenvalue weighted by Crippen LogP contribution is -2.14. The van der Waals surface area contributed by atoms with E-state index in [0.717, 1.165) is 5.75 Å². The van der Waals surface area contributed by atoms with E-state index in [4.69, 9.17) is 4.74 Å². The molecule has 1 heteroatoms. The Morgan fingerprint density at radius 3 is 2.47 bits per heavy atom. The summed E-state index contributed by atoms with van der Waals surface area (Å²) in [5, 5.41) is 0. The minimum absolute atomic E-state index is 0.216. The van der Waals surface area contributed by atoms with Gasteiger partial charge in [0.15, 0.2) is 0 Å². The summed E-state index contributed by atoms with van der Waals surface area (Å²) in [5.41, 5.74) is 3.89. The Labute approximate surface area is 102 Å². The summed E-state index contributed by atoms with van der Waals surface area (Å²) < 4.78 is 6.00. The summed E-state index contributed by atoms with van der Waals surface area (Å²) in [4.78, 5) is 0. The van der Waals surface area contributed by atoms with Gasteiger partial charge in [-0.25, -0.2) is 0 Å². The highest BCUT2D eigenvalue weighted by atomic mass is 16.5. The zero-order chi connectivity index (χ0) is 11.8. The highest BCUT2D eigenvalue weighted by Crippen LogP contribution is 2.43. The van der Waals surface area contributed by atoms with Gasteiger partial charge in [-0.05, 0) is 25.0 Å². The lowest BCUT2D eigenvalue weighted by Gasteiger charge is -2.14. The molecule has 1 aliphatic rings. The second-order valence-electron chi connectivity index (χ2n) is 4.70. The number of hydrogen-bond acceptors (Lipinski definition) is 1. The summed E-state index contributed by atoms with van der Waals surface area (Å²) in [6.45, 7) is 4.26. The fourth-order valence-corrected chi connectivity index (χ4v) is 2.70. The Hall–Kier alpha value is -1.76. The molecule has 2 unspecified atom stereocenters. The van der Waals surface area contributed by atoms with E-state index in [-0.39, 0.29) is 6.10 Å². The second-order valence-corrected chi connectivity index (χ2v) is 4.70. The van der Waals surface area contributed by atoms with Crippen LogP contribution in [0.25, 0.3) is 0 Å². The molecule has 0 N–H and O–H groups in total. The average Bonchev–Trinajstić information content (AvgIpc) is 2.68. The first-order valence-electron chi connectivity index (χ1n) is 6.08. The van der Waals surface area contributed by atoms with Crippen LogP contribution in [-0.2, 0) is 0 Å². The van der Waals surface area contributed by atoms with E-state index >= 15 is 0 Å². The summed E-state index contributed by atoms with van der Waals surface area (Å²) in [6.07, 6.45) is 0.216. The molecule has 17 heavy (non-hydrogen) atoms. The van der Waals surface area contributed by atoms with Crippen molar-refractivity contribution in [3.63, 3.8) is 0 Å². The molecule has 2 aromatic carbocycles. The molecule has 0 spiro atoms. The Kier molecular flexibility index (Phi) is 2.40. The molecule has 86 valence electrons. The topological polar surface area (TPSA) is 9.23 Å². The average molecular weight is 224 g/mol. The molecule has 0 fully saturated rings. The summed E-state index contributed by atoms with van der Waals surface area (Å²) in [5.74, 6) is 1.44. The highest BCUT2D eigenvalue weighted by Gasteiger charge is 2.32. The Morgan fingerprint density at radius 1 is 0.941 bits per heavy atom. The van der Waals surface area contributed by atoms with Crippen LogP contribution in [0.3, 0.4) is 0 Å². The standard InChI is InChI=1S/C16H16O/c1-11-7-6-10-14-15(12(2)17-16(11)14)13-8-4-3-5-9-13/h3-10,12,15H,1-2H3. The molecule has 1 aliphatic heterocycles. The molecule has 0 saturated carbocycles. The maximum absolute atomic E-state index is 6.00. The number of fused-ring (bicyclic) bond motifs is 1. The molecule has 3 rings (SSSR count). The van der Waals surface area contributed by atoms with Gasteiger partial charge in [-0.1, -0.05) is 48.5 Å². The summed E-state index contributed by atoms with van der Waals surface area (Å²) >= 11 is 0. The van der Waals surface area contributed by atoms with Crippen LogP contribution < -0.4 is 4.74 Å². The van der Waals surface area contributed by atoms with Crippen molar-refractivity contribution in [1.29, 1.82) is 0 Å². The van der Waals surface area contributed by atoms with Crippen LogP contribution in [-0.4, -0.2) is 6.10 Å². The Balaban J connectivity index is 2.12. The predicted octanol–water partition coefficient (Wildman–Crippen LogP) is 3.91. The summed E-state index contributed by atoms with van der Waals surface area (Å²) in [7, 11) is 0. The molecular formula is C16H16O. The van der Waals surface area contributed by atoms with Gasteiger partial charge in [0.2, 0.25) is 0 Å². The fourth-order valence-electron chi connectivity index (χ4n) is 2.70. The third kappa shape index (κ3) is 1.62. The van der Waals surface area contributed by atoms with Crippen LogP contribution >= 0.6 is 0 Å². The molecule has 1 heterocycles. The number of benzene rings is 2. The third-order valence-electron chi connectivity index (χ3n) is 3.51. The van der Waals surface area contributed by atoms with Gasteiger partial charge in [0.05, 0.1) is 0 Å². The quantitative estimate of drug-likeness (QED) is 0.713. The SMILES string of the molecule is Cc1cccc2c1OC(C)C2c1ccccc1. The van der Waals surface area contributed by atoms with Crippen LogP contribution in [0.2, 0.25) is 0 Å². The molecule has 0 aromatic heterocycles. The van der Waals surface area contributed by atoms with Gasteiger partial charge >= 0.3 is 0 Å². The van der Waals surface area contributed by atoms with Gasteiger partial charge in [0.1, 0.15) is 11.9 Å². The zero-order valence-electron chi connectivity index (χ0n) is 10.2. The number of para-hydroxylation sites is 1. The van der Waals surface area contributed by atoms with Gasteiger partial charge in [-0.15, -0.1) is 0 Å². The van der Waals surface area contributed by atoms with E-state index in [1.165, 1.54) is 16.7 Å². The number of aryl methyl sites for hydroxylation is 1. The summed E-state index contributed by atoms with van der Waals surface area (Å²) in [6, 6.07) is 17.0. The highest BCUT2D eigenvalue weighted by molar-refractivity contribution is 5.50. The van der Waals surface area contributed by atoms with E-state index < -0.39 is 0 Å². The molecule has 0 radical (unpaired) electrons. The van der Waals surface area contributed by atoms with Crippen LogP contribution in [0.4, 0.5) is 0 Å². The zero-order valence-corrected chi connectivity index (χ0v) is 10.2. The first-order valence-corrected chi connectivity index (χ1v) is 6.08. The predicted molar refractivity (Wildman–Crippen MR) is 69.6 cm³/mol. The van der Waals surface area contributed by atoms with Crippen LogP contribution in [0.5, 0.6) is 5.75 Å².